The highest BCUT2D eigenvalue weighted by molar-refractivity contribution is 5.89. The van der Waals surface area contributed by atoms with Gasteiger partial charge in [-0.05, 0) is 58.1 Å². The molecule has 0 saturated heterocycles. The molecule has 0 amide bonds. The Balaban J connectivity index is 2.10. The van der Waals surface area contributed by atoms with Gasteiger partial charge in [-0.1, -0.05) is 76.5 Å². The second-order valence-electron chi connectivity index (χ2n) is 8.40. The summed E-state index contributed by atoms with van der Waals surface area (Å²) in [6.07, 6.45) is 15.3. The molecule has 0 bridgehead atoms. The number of rotatable bonds is 20. The Hall–Kier alpha value is -1.39. The minimum atomic E-state index is -0.179. The van der Waals surface area contributed by atoms with E-state index in [-0.39, 0.29) is 18.4 Å². The molecule has 0 aliphatic heterocycles. The molecule has 178 valence electrons. The maximum absolute atomic E-state index is 12.4. The van der Waals surface area contributed by atoms with Crippen LogP contribution in [0.15, 0.2) is 30.3 Å². The third kappa shape index (κ3) is 15.1. The van der Waals surface area contributed by atoms with Crippen molar-refractivity contribution in [3.05, 3.63) is 35.9 Å². The fourth-order valence-electron chi connectivity index (χ4n) is 3.74. The molecule has 0 aliphatic rings. The van der Waals surface area contributed by atoms with Crippen LogP contribution in [-0.2, 0) is 14.2 Å². The van der Waals surface area contributed by atoms with E-state index in [4.69, 9.17) is 14.2 Å². The second-order valence-corrected chi connectivity index (χ2v) is 8.40. The van der Waals surface area contributed by atoms with E-state index in [9.17, 15) is 4.79 Å². The van der Waals surface area contributed by atoms with Gasteiger partial charge >= 0.3 is 5.97 Å². The summed E-state index contributed by atoms with van der Waals surface area (Å²) in [6, 6.07) is 9.36. The Kier molecular flexibility index (Phi) is 17.2. The van der Waals surface area contributed by atoms with Crippen LogP contribution in [0.25, 0.3) is 0 Å². The molecule has 0 aliphatic carbocycles. The van der Waals surface area contributed by atoms with Crippen molar-refractivity contribution in [3.63, 3.8) is 0 Å². The van der Waals surface area contributed by atoms with E-state index in [0.29, 0.717) is 12.2 Å². The molecule has 31 heavy (non-hydrogen) atoms. The summed E-state index contributed by atoms with van der Waals surface area (Å²) in [5.41, 5.74) is 0.653. The van der Waals surface area contributed by atoms with Crippen LogP contribution in [0, 0.1) is 0 Å². The van der Waals surface area contributed by atoms with Crippen LogP contribution in [0.3, 0.4) is 0 Å². The molecule has 0 radical (unpaired) electrons. The molecule has 0 saturated carbocycles. The van der Waals surface area contributed by atoms with Gasteiger partial charge in [-0.25, -0.2) is 4.79 Å². The van der Waals surface area contributed by atoms with Crippen molar-refractivity contribution >= 4 is 5.97 Å². The molecule has 2 atom stereocenters. The molecular formula is C27H46O4. The van der Waals surface area contributed by atoms with Crippen molar-refractivity contribution in [3.8, 4) is 0 Å². The average molecular weight is 435 g/mol. The molecule has 0 spiro atoms. The predicted octanol–water partition coefficient (Wildman–Crippen LogP) is 7.70. The lowest BCUT2D eigenvalue weighted by atomic mass is 10.0. The summed E-state index contributed by atoms with van der Waals surface area (Å²) in [5.74, 6) is -0.179. The van der Waals surface area contributed by atoms with Gasteiger partial charge in [-0.2, -0.15) is 0 Å². The Morgan fingerprint density at radius 1 is 0.774 bits per heavy atom. The van der Waals surface area contributed by atoms with Crippen molar-refractivity contribution in [2.24, 2.45) is 0 Å². The highest BCUT2D eigenvalue weighted by Gasteiger charge is 2.15. The number of ether oxygens (including phenoxy) is 3. The maximum Gasteiger partial charge on any atom is 0.338 e. The van der Waals surface area contributed by atoms with Crippen LogP contribution < -0.4 is 0 Å². The van der Waals surface area contributed by atoms with E-state index < -0.39 is 0 Å². The first-order valence-corrected chi connectivity index (χ1v) is 12.7. The molecule has 0 N–H and O–H groups in total. The molecule has 1 unspecified atom stereocenters. The zero-order valence-corrected chi connectivity index (χ0v) is 20.3. The quantitative estimate of drug-likeness (QED) is 0.120. The van der Waals surface area contributed by atoms with Crippen molar-refractivity contribution in [1.29, 1.82) is 0 Å². The first-order chi connectivity index (χ1) is 15.2. The van der Waals surface area contributed by atoms with Gasteiger partial charge in [0.25, 0.3) is 0 Å². The molecule has 4 nitrogen and oxygen atoms in total. The van der Waals surface area contributed by atoms with Gasteiger partial charge in [-0.15, -0.1) is 0 Å². The van der Waals surface area contributed by atoms with Crippen molar-refractivity contribution in [1.82, 2.24) is 0 Å². The lowest BCUT2D eigenvalue weighted by molar-refractivity contribution is -0.127. The molecule has 0 aromatic heterocycles. The van der Waals surface area contributed by atoms with Gasteiger partial charge in [0.1, 0.15) is 6.10 Å². The van der Waals surface area contributed by atoms with Gasteiger partial charge in [-0.3, -0.25) is 0 Å². The van der Waals surface area contributed by atoms with Crippen LogP contribution in [0.1, 0.15) is 115 Å². The smallest absolute Gasteiger partial charge is 0.338 e. The molecule has 1 aromatic carbocycles. The van der Waals surface area contributed by atoms with E-state index in [1.54, 1.807) is 0 Å². The first kappa shape index (κ1) is 27.6. The molecule has 4 heteroatoms. The lowest BCUT2D eigenvalue weighted by Crippen LogP contribution is -2.18. The molecule has 0 heterocycles. The summed E-state index contributed by atoms with van der Waals surface area (Å²) in [7, 11) is 0. The van der Waals surface area contributed by atoms with E-state index in [0.717, 1.165) is 38.7 Å². The first-order valence-electron chi connectivity index (χ1n) is 12.7. The van der Waals surface area contributed by atoms with Crippen LogP contribution >= 0.6 is 0 Å². The molecular weight excluding hydrogens is 388 g/mol. The Morgan fingerprint density at radius 3 is 1.97 bits per heavy atom. The summed E-state index contributed by atoms with van der Waals surface area (Å²) in [6.45, 7) is 7.65. The summed E-state index contributed by atoms with van der Waals surface area (Å²) in [4.78, 5) is 12.4. The Morgan fingerprint density at radius 2 is 1.35 bits per heavy atom. The Bertz CT molecular complexity index is 531. The molecule has 1 rings (SSSR count). The highest BCUT2D eigenvalue weighted by atomic mass is 16.7. The number of hydrogen-bond donors (Lipinski definition) is 0. The monoisotopic (exact) mass is 434 g/mol. The number of benzene rings is 1. The number of carbonyl (C=O) groups excluding carboxylic acids is 1. The number of esters is 1. The molecule has 0 fully saturated rings. The van der Waals surface area contributed by atoms with Gasteiger partial charge in [0.05, 0.1) is 5.56 Å². The van der Waals surface area contributed by atoms with E-state index in [2.05, 4.69) is 6.92 Å². The lowest BCUT2D eigenvalue weighted by Gasteiger charge is -2.18. The van der Waals surface area contributed by atoms with Crippen LogP contribution in [0.2, 0.25) is 0 Å². The third-order valence-electron chi connectivity index (χ3n) is 5.59. The SMILES string of the molecule is CCCCC[C@@H](CCCCCCCCCCOC(C)OCC)OC(=O)c1ccccc1. The summed E-state index contributed by atoms with van der Waals surface area (Å²) in [5, 5.41) is 0. The topological polar surface area (TPSA) is 44.8 Å². The minimum Gasteiger partial charge on any atom is -0.459 e. The zero-order chi connectivity index (χ0) is 22.6. The number of unbranched alkanes of at least 4 members (excludes halogenated alkanes) is 9. The standard InChI is InChI=1S/C27H46O4/c1-4-6-14-21-26(31-27(28)25-19-15-13-16-20-25)22-17-11-9-7-8-10-12-18-23-30-24(3)29-5-2/h13,15-16,19-20,24,26H,4-12,14,17-18,21-23H2,1-3H3/t24?,26-/m0/s1. The maximum atomic E-state index is 12.4. The predicted molar refractivity (Wildman–Crippen MR) is 128 cm³/mol. The van der Waals surface area contributed by atoms with Gasteiger partial charge in [0.2, 0.25) is 0 Å². The zero-order valence-electron chi connectivity index (χ0n) is 20.3. The van der Waals surface area contributed by atoms with Gasteiger partial charge in [0, 0.05) is 13.2 Å². The second kappa shape index (κ2) is 19.3. The van der Waals surface area contributed by atoms with E-state index >= 15 is 0 Å². The van der Waals surface area contributed by atoms with Crippen molar-refractivity contribution < 1.29 is 19.0 Å². The average Bonchev–Trinajstić information content (AvgIpc) is 2.78. The summed E-state index contributed by atoms with van der Waals surface area (Å²) >= 11 is 0. The normalized spacial score (nSPS) is 13.1. The van der Waals surface area contributed by atoms with Crippen molar-refractivity contribution in [2.75, 3.05) is 13.2 Å². The van der Waals surface area contributed by atoms with Crippen LogP contribution in [0.5, 0.6) is 0 Å². The van der Waals surface area contributed by atoms with Crippen LogP contribution in [-0.4, -0.2) is 31.6 Å². The van der Waals surface area contributed by atoms with E-state index in [1.165, 1.54) is 51.4 Å². The third-order valence-corrected chi connectivity index (χ3v) is 5.59. The highest BCUT2D eigenvalue weighted by Crippen LogP contribution is 2.18. The Labute approximate surface area is 191 Å². The van der Waals surface area contributed by atoms with Crippen molar-refractivity contribution in [2.45, 2.75) is 117 Å². The van der Waals surface area contributed by atoms with Gasteiger partial charge in [0.15, 0.2) is 6.29 Å². The van der Waals surface area contributed by atoms with Crippen LogP contribution in [0.4, 0.5) is 0 Å². The molecule has 1 aromatic rings. The van der Waals surface area contributed by atoms with Gasteiger partial charge < -0.3 is 14.2 Å². The minimum absolute atomic E-state index is 0.0540. The fraction of sp³-hybridized carbons (Fsp3) is 0.741. The number of carbonyl (C=O) groups is 1. The van der Waals surface area contributed by atoms with E-state index in [1.807, 2.05) is 44.2 Å². The number of hydrogen-bond acceptors (Lipinski definition) is 4. The fourth-order valence-corrected chi connectivity index (χ4v) is 3.74. The largest absolute Gasteiger partial charge is 0.459 e. The summed E-state index contributed by atoms with van der Waals surface area (Å²) < 4.78 is 16.8.